The monoisotopic (exact) mass is 233 g/mol. The lowest BCUT2D eigenvalue weighted by atomic mass is 9.95. The topological polar surface area (TPSA) is 89.6 Å². The number of nitrogens with zero attached hydrogens (tertiary/aromatic N) is 3. The van der Waals surface area contributed by atoms with Gasteiger partial charge in [-0.2, -0.15) is 0 Å². The van der Waals surface area contributed by atoms with Crippen LogP contribution in [-0.4, -0.2) is 19.5 Å². The number of imidazole rings is 1. The lowest BCUT2D eigenvalue weighted by Gasteiger charge is -2.22. The highest BCUT2D eigenvalue weighted by Gasteiger charge is 2.21. The average Bonchev–Trinajstić information content (AvgIpc) is 2.68. The minimum Gasteiger partial charge on any atom is -0.382 e. The quantitative estimate of drug-likeness (QED) is 0.774. The molecule has 0 spiro atoms. The molecule has 0 radical (unpaired) electrons. The zero-order valence-corrected chi connectivity index (χ0v) is 9.52. The van der Waals surface area contributed by atoms with Crippen molar-refractivity contribution in [2.75, 3.05) is 5.73 Å². The first-order chi connectivity index (χ1) is 8.27. The summed E-state index contributed by atoms with van der Waals surface area (Å²) >= 11 is 0. The highest BCUT2D eigenvalue weighted by atomic mass is 16.1. The molecular weight excluding hydrogens is 218 g/mol. The summed E-state index contributed by atoms with van der Waals surface area (Å²) in [5.41, 5.74) is 6.80. The smallest absolute Gasteiger partial charge is 0.328 e. The van der Waals surface area contributed by atoms with Crippen molar-refractivity contribution < 1.29 is 0 Å². The molecule has 0 unspecified atom stereocenters. The summed E-state index contributed by atoms with van der Waals surface area (Å²) in [5.74, 6) is 0.335. The van der Waals surface area contributed by atoms with Crippen molar-refractivity contribution in [3.8, 4) is 0 Å². The van der Waals surface area contributed by atoms with E-state index in [1.54, 1.807) is 4.57 Å². The third-order valence-electron chi connectivity index (χ3n) is 3.48. The molecule has 0 bridgehead atoms. The van der Waals surface area contributed by atoms with Gasteiger partial charge in [0.15, 0.2) is 11.5 Å². The van der Waals surface area contributed by atoms with E-state index >= 15 is 0 Å². The van der Waals surface area contributed by atoms with Crippen LogP contribution in [-0.2, 0) is 0 Å². The van der Waals surface area contributed by atoms with Crippen molar-refractivity contribution in [1.82, 2.24) is 19.5 Å². The molecule has 0 aliphatic heterocycles. The number of fused-ring (bicyclic) bond motifs is 1. The standard InChI is InChI=1S/C11H15N5O/c12-9-8-10(14-6-13-9)16(11(17)15-8)7-4-2-1-3-5-7/h6-7H,1-5H2,(H,15,17)(H2,12,13,14). The van der Waals surface area contributed by atoms with Crippen molar-refractivity contribution in [1.29, 1.82) is 0 Å². The molecule has 2 aromatic rings. The molecule has 2 heterocycles. The van der Waals surface area contributed by atoms with E-state index in [0.717, 1.165) is 12.8 Å². The van der Waals surface area contributed by atoms with Crippen LogP contribution >= 0.6 is 0 Å². The molecule has 3 rings (SSSR count). The first-order valence-electron chi connectivity index (χ1n) is 5.98. The van der Waals surface area contributed by atoms with Crippen LogP contribution in [0.1, 0.15) is 38.1 Å². The maximum Gasteiger partial charge on any atom is 0.328 e. The molecule has 0 aromatic carbocycles. The summed E-state index contributed by atoms with van der Waals surface area (Å²) in [6.07, 6.45) is 7.08. The van der Waals surface area contributed by atoms with E-state index < -0.39 is 0 Å². The number of aromatic amines is 1. The van der Waals surface area contributed by atoms with Gasteiger partial charge in [0.25, 0.3) is 0 Å². The van der Waals surface area contributed by atoms with Crippen molar-refractivity contribution >= 4 is 17.0 Å². The van der Waals surface area contributed by atoms with Gasteiger partial charge in [-0.3, -0.25) is 4.57 Å². The van der Waals surface area contributed by atoms with Crippen molar-refractivity contribution in [3.05, 3.63) is 16.8 Å². The molecular formula is C11H15N5O. The van der Waals surface area contributed by atoms with E-state index in [2.05, 4.69) is 15.0 Å². The number of hydrogen-bond donors (Lipinski definition) is 2. The fraction of sp³-hybridized carbons (Fsp3) is 0.545. The van der Waals surface area contributed by atoms with Crippen LogP contribution in [0.2, 0.25) is 0 Å². The fourth-order valence-electron chi connectivity index (χ4n) is 2.63. The second-order valence-electron chi connectivity index (χ2n) is 4.55. The zero-order valence-electron chi connectivity index (χ0n) is 9.52. The number of nitrogens with one attached hydrogen (secondary N) is 1. The maximum absolute atomic E-state index is 12.0. The highest BCUT2D eigenvalue weighted by molar-refractivity contribution is 5.81. The molecule has 1 aliphatic rings. The maximum atomic E-state index is 12.0. The molecule has 1 aliphatic carbocycles. The van der Waals surface area contributed by atoms with Gasteiger partial charge in [0.1, 0.15) is 11.8 Å². The molecule has 90 valence electrons. The SMILES string of the molecule is Nc1ncnc2c1[nH]c(=O)n2C1CCCCC1. The number of hydrogen-bond acceptors (Lipinski definition) is 4. The minimum absolute atomic E-state index is 0.126. The van der Waals surface area contributed by atoms with Crippen LogP contribution in [0.3, 0.4) is 0 Å². The Hall–Kier alpha value is -1.85. The Bertz CT molecular complexity index is 593. The summed E-state index contributed by atoms with van der Waals surface area (Å²) < 4.78 is 1.74. The third-order valence-corrected chi connectivity index (χ3v) is 3.48. The van der Waals surface area contributed by atoms with E-state index in [1.165, 1.54) is 25.6 Å². The summed E-state index contributed by atoms with van der Waals surface area (Å²) in [6.45, 7) is 0. The highest BCUT2D eigenvalue weighted by Crippen LogP contribution is 2.29. The van der Waals surface area contributed by atoms with Gasteiger partial charge in [-0.1, -0.05) is 19.3 Å². The Labute approximate surface area is 97.9 Å². The molecule has 1 saturated carbocycles. The van der Waals surface area contributed by atoms with Gasteiger partial charge in [0.2, 0.25) is 0 Å². The van der Waals surface area contributed by atoms with E-state index in [0.29, 0.717) is 17.0 Å². The number of anilines is 1. The molecule has 3 N–H and O–H groups in total. The summed E-state index contributed by atoms with van der Waals surface area (Å²) in [5, 5.41) is 0. The summed E-state index contributed by atoms with van der Waals surface area (Å²) in [6, 6.07) is 0.249. The van der Waals surface area contributed by atoms with Gasteiger partial charge >= 0.3 is 5.69 Å². The van der Waals surface area contributed by atoms with Crippen LogP contribution < -0.4 is 11.4 Å². The van der Waals surface area contributed by atoms with Crippen molar-refractivity contribution in [2.45, 2.75) is 38.1 Å². The van der Waals surface area contributed by atoms with E-state index in [4.69, 9.17) is 5.73 Å². The molecule has 0 amide bonds. The van der Waals surface area contributed by atoms with Crippen LogP contribution in [0.5, 0.6) is 0 Å². The van der Waals surface area contributed by atoms with Crippen LogP contribution in [0, 0.1) is 0 Å². The Balaban J connectivity index is 2.18. The number of nitrogen functional groups attached to an aromatic ring is 1. The van der Waals surface area contributed by atoms with E-state index in [-0.39, 0.29) is 11.7 Å². The Morgan fingerprint density at radius 2 is 2.06 bits per heavy atom. The van der Waals surface area contributed by atoms with Crippen molar-refractivity contribution in [3.63, 3.8) is 0 Å². The Morgan fingerprint density at radius 1 is 1.29 bits per heavy atom. The average molecular weight is 233 g/mol. The first-order valence-corrected chi connectivity index (χ1v) is 5.98. The Morgan fingerprint density at radius 3 is 2.82 bits per heavy atom. The predicted octanol–water partition coefficient (Wildman–Crippen LogP) is 1.21. The van der Waals surface area contributed by atoms with Crippen molar-refractivity contribution in [2.24, 2.45) is 0 Å². The molecule has 1 fully saturated rings. The molecule has 6 heteroatoms. The minimum atomic E-state index is -0.126. The number of nitrogens with two attached hydrogens (primary N) is 1. The summed E-state index contributed by atoms with van der Waals surface area (Å²) in [7, 11) is 0. The normalized spacial score (nSPS) is 17.6. The fourth-order valence-corrected chi connectivity index (χ4v) is 2.63. The largest absolute Gasteiger partial charge is 0.382 e. The second kappa shape index (κ2) is 3.87. The number of H-pyrrole nitrogens is 1. The van der Waals surface area contributed by atoms with Crippen LogP contribution in [0.15, 0.2) is 11.1 Å². The summed E-state index contributed by atoms with van der Waals surface area (Å²) in [4.78, 5) is 22.8. The van der Waals surface area contributed by atoms with Gasteiger partial charge in [0, 0.05) is 6.04 Å². The first kappa shape index (κ1) is 10.3. The van der Waals surface area contributed by atoms with Gasteiger partial charge in [0.05, 0.1) is 0 Å². The van der Waals surface area contributed by atoms with Gasteiger partial charge in [-0.05, 0) is 12.8 Å². The number of rotatable bonds is 1. The van der Waals surface area contributed by atoms with Gasteiger partial charge in [-0.15, -0.1) is 0 Å². The molecule has 6 nitrogen and oxygen atoms in total. The second-order valence-corrected chi connectivity index (χ2v) is 4.55. The molecule has 0 atom stereocenters. The predicted molar refractivity (Wildman–Crippen MR) is 64.7 cm³/mol. The third kappa shape index (κ3) is 1.60. The van der Waals surface area contributed by atoms with Gasteiger partial charge in [-0.25, -0.2) is 14.8 Å². The number of aromatic nitrogens is 4. The van der Waals surface area contributed by atoms with Crippen LogP contribution in [0.4, 0.5) is 5.82 Å². The lowest BCUT2D eigenvalue weighted by molar-refractivity contribution is 0.352. The molecule has 0 saturated heterocycles. The van der Waals surface area contributed by atoms with Crippen LogP contribution in [0.25, 0.3) is 11.2 Å². The molecule has 2 aromatic heterocycles. The molecule has 17 heavy (non-hydrogen) atoms. The lowest BCUT2D eigenvalue weighted by Crippen LogP contribution is -2.24. The Kier molecular flexibility index (Phi) is 2.35. The van der Waals surface area contributed by atoms with Gasteiger partial charge < -0.3 is 10.7 Å². The van der Waals surface area contributed by atoms with E-state index in [1.807, 2.05) is 0 Å². The zero-order chi connectivity index (χ0) is 11.8. The van der Waals surface area contributed by atoms with E-state index in [9.17, 15) is 4.79 Å².